The zero-order chi connectivity index (χ0) is 12.5. The second-order valence-electron chi connectivity index (χ2n) is 5.44. The maximum atomic E-state index is 4.66. The van der Waals surface area contributed by atoms with Crippen LogP contribution < -0.4 is 0 Å². The molecule has 0 saturated carbocycles. The van der Waals surface area contributed by atoms with E-state index in [1.165, 1.54) is 17.5 Å². The number of nitrogens with zero attached hydrogens (tertiary/aromatic N) is 3. The highest BCUT2D eigenvalue weighted by molar-refractivity contribution is 5.24. The third-order valence-electron chi connectivity index (χ3n) is 3.58. The maximum Gasteiger partial charge on any atom is 0.155 e. The molecule has 0 saturated heterocycles. The van der Waals surface area contributed by atoms with E-state index in [0.717, 1.165) is 37.0 Å². The van der Waals surface area contributed by atoms with Gasteiger partial charge in [0.25, 0.3) is 0 Å². The van der Waals surface area contributed by atoms with Crippen molar-refractivity contribution in [3.05, 3.63) is 47.0 Å². The molecule has 1 unspecified atom stereocenters. The number of hydrogen-bond acceptors (Lipinski definition) is 2. The average molecular weight is 241 g/mol. The fourth-order valence-electron chi connectivity index (χ4n) is 2.60. The number of aromatic nitrogens is 3. The maximum absolute atomic E-state index is 4.66. The molecule has 1 atom stereocenters. The summed E-state index contributed by atoms with van der Waals surface area (Å²) in [5, 5.41) is 4.63. The van der Waals surface area contributed by atoms with Crippen LogP contribution in [0.25, 0.3) is 0 Å². The van der Waals surface area contributed by atoms with Gasteiger partial charge in [-0.2, -0.15) is 5.10 Å². The first-order valence-corrected chi connectivity index (χ1v) is 6.69. The van der Waals surface area contributed by atoms with Crippen molar-refractivity contribution in [2.24, 2.45) is 5.92 Å². The Hall–Kier alpha value is -1.64. The third kappa shape index (κ3) is 2.30. The van der Waals surface area contributed by atoms with E-state index in [4.69, 9.17) is 0 Å². The highest BCUT2D eigenvalue weighted by Crippen LogP contribution is 2.18. The van der Waals surface area contributed by atoms with Gasteiger partial charge >= 0.3 is 0 Å². The van der Waals surface area contributed by atoms with E-state index in [1.807, 2.05) is 0 Å². The van der Waals surface area contributed by atoms with Crippen molar-refractivity contribution in [2.45, 2.75) is 39.7 Å². The molecule has 3 heteroatoms. The van der Waals surface area contributed by atoms with Crippen LogP contribution in [0.2, 0.25) is 0 Å². The lowest BCUT2D eigenvalue weighted by molar-refractivity contribution is 0.367. The van der Waals surface area contributed by atoms with Crippen LogP contribution in [0.4, 0.5) is 0 Å². The minimum absolute atomic E-state index is 0.728. The van der Waals surface area contributed by atoms with Crippen LogP contribution in [-0.2, 0) is 19.4 Å². The number of benzene rings is 1. The molecule has 1 aliphatic rings. The van der Waals surface area contributed by atoms with Crippen LogP contribution >= 0.6 is 0 Å². The van der Waals surface area contributed by atoms with E-state index < -0.39 is 0 Å². The van der Waals surface area contributed by atoms with Crippen LogP contribution in [0.1, 0.15) is 36.1 Å². The van der Waals surface area contributed by atoms with E-state index in [-0.39, 0.29) is 0 Å². The standard InChI is InChI=1S/C15H19N3/c1-11-4-3-5-13(8-11)9-14-16-15-7-6-12(2)10-18(15)17-14/h3-5,8,12H,6-7,9-10H2,1-2H3. The lowest BCUT2D eigenvalue weighted by atomic mass is 10.0. The molecule has 2 heterocycles. The molecule has 0 fully saturated rings. The van der Waals surface area contributed by atoms with Crippen LogP contribution in [0.15, 0.2) is 24.3 Å². The van der Waals surface area contributed by atoms with Gasteiger partial charge in [0, 0.05) is 19.4 Å². The first kappa shape index (κ1) is 11.5. The van der Waals surface area contributed by atoms with Gasteiger partial charge in [0.05, 0.1) is 0 Å². The molecule has 94 valence electrons. The number of fused-ring (bicyclic) bond motifs is 1. The smallest absolute Gasteiger partial charge is 0.155 e. The summed E-state index contributed by atoms with van der Waals surface area (Å²) in [5.41, 5.74) is 2.59. The van der Waals surface area contributed by atoms with Gasteiger partial charge in [0.2, 0.25) is 0 Å². The SMILES string of the molecule is Cc1cccc(Cc2nc3n(n2)CC(C)CC3)c1. The van der Waals surface area contributed by atoms with E-state index in [1.54, 1.807) is 0 Å². The van der Waals surface area contributed by atoms with Gasteiger partial charge in [0.1, 0.15) is 5.82 Å². The Kier molecular flexibility index (Phi) is 2.90. The lowest BCUT2D eigenvalue weighted by Crippen LogP contribution is -2.18. The third-order valence-corrected chi connectivity index (χ3v) is 3.58. The summed E-state index contributed by atoms with van der Waals surface area (Å²) < 4.78 is 2.10. The van der Waals surface area contributed by atoms with Crippen LogP contribution in [0.3, 0.4) is 0 Å². The number of rotatable bonds is 2. The summed E-state index contributed by atoms with van der Waals surface area (Å²) in [4.78, 5) is 4.66. The predicted octanol–water partition coefficient (Wildman–Crippen LogP) is 2.76. The Morgan fingerprint density at radius 3 is 3.11 bits per heavy atom. The molecule has 0 spiro atoms. The fourth-order valence-corrected chi connectivity index (χ4v) is 2.60. The lowest BCUT2D eigenvalue weighted by Gasteiger charge is -2.17. The van der Waals surface area contributed by atoms with Crippen molar-refractivity contribution in [3.8, 4) is 0 Å². The van der Waals surface area contributed by atoms with Crippen LogP contribution in [0.5, 0.6) is 0 Å². The predicted molar refractivity (Wildman–Crippen MR) is 71.5 cm³/mol. The highest BCUT2D eigenvalue weighted by atomic mass is 15.4. The van der Waals surface area contributed by atoms with Crippen molar-refractivity contribution in [3.63, 3.8) is 0 Å². The summed E-state index contributed by atoms with van der Waals surface area (Å²) in [6, 6.07) is 8.58. The van der Waals surface area contributed by atoms with Crippen LogP contribution in [-0.4, -0.2) is 14.8 Å². The number of hydrogen-bond donors (Lipinski definition) is 0. The molecule has 3 rings (SSSR count). The fraction of sp³-hybridized carbons (Fsp3) is 0.467. The molecule has 1 aromatic carbocycles. The Bertz CT molecular complexity index is 557. The Labute approximate surface area is 108 Å². The summed E-state index contributed by atoms with van der Waals surface area (Å²) in [7, 11) is 0. The molecule has 0 N–H and O–H groups in total. The Balaban J connectivity index is 1.82. The van der Waals surface area contributed by atoms with Gasteiger partial charge in [-0.1, -0.05) is 36.8 Å². The first-order valence-electron chi connectivity index (χ1n) is 6.69. The largest absolute Gasteiger partial charge is 0.250 e. The molecular weight excluding hydrogens is 222 g/mol. The van der Waals surface area contributed by atoms with Crippen molar-refractivity contribution in [2.75, 3.05) is 0 Å². The van der Waals surface area contributed by atoms with Gasteiger partial charge in [-0.05, 0) is 24.8 Å². The second-order valence-corrected chi connectivity index (χ2v) is 5.44. The molecule has 2 aromatic rings. The highest BCUT2D eigenvalue weighted by Gasteiger charge is 2.18. The quantitative estimate of drug-likeness (QED) is 0.809. The average Bonchev–Trinajstić information content (AvgIpc) is 2.70. The molecule has 3 nitrogen and oxygen atoms in total. The first-order chi connectivity index (χ1) is 8.70. The van der Waals surface area contributed by atoms with Gasteiger partial charge in [-0.25, -0.2) is 9.67 Å². The molecule has 1 aliphatic heterocycles. The monoisotopic (exact) mass is 241 g/mol. The zero-order valence-corrected chi connectivity index (χ0v) is 11.1. The van der Waals surface area contributed by atoms with Crippen molar-refractivity contribution < 1.29 is 0 Å². The van der Waals surface area contributed by atoms with E-state index in [2.05, 4.69) is 52.9 Å². The molecule has 0 bridgehead atoms. The molecule has 1 aromatic heterocycles. The van der Waals surface area contributed by atoms with Crippen molar-refractivity contribution in [1.29, 1.82) is 0 Å². The summed E-state index contributed by atoms with van der Waals surface area (Å²) in [5.74, 6) is 2.85. The Morgan fingerprint density at radius 2 is 2.28 bits per heavy atom. The van der Waals surface area contributed by atoms with Crippen molar-refractivity contribution in [1.82, 2.24) is 14.8 Å². The normalized spacial score (nSPS) is 18.7. The topological polar surface area (TPSA) is 30.7 Å². The van der Waals surface area contributed by atoms with Gasteiger partial charge in [0.15, 0.2) is 5.82 Å². The minimum atomic E-state index is 0.728. The zero-order valence-electron chi connectivity index (χ0n) is 11.1. The summed E-state index contributed by atoms with van der Waals surface area (Å²) >= 11 is 0. The Morgan fingerprint density at radius 1 is 1.39 bits per heavy atom. The molecular formula is C15H19N3. The second kappa shape index (κ2) is 4.56. The van der Waals surface area contributed by atoms with Gasteiger partial charge in [-0.3, -0.25) is 0 Å². The number of aryl methyl sites for hydroxylation is 2. The van der Waals surface area contributed by atoms with Crippen molar-refractivity contribution >= 4 is 0 Å². The summed E-state index contributed by atoms with van der Waals surface area (Å²) in [6.07, 6.45) is 3.15. The van der Waals surface area contributed by atoms with Gasteiger partial charge in [-0.15, -0.1) is 0 Å². The minimum Gasteiger partial charge on any atom is -0.250 e. The van der Waals surface area contributed by atoms with Gasteiger partial charge < -0.3 is 0 Å². The summed E-state index contributed by atoms with van der Waals surface area (Å²) in [6.45, 7) is 5.43. The van der Waals surface area contributed by atoms with E-state index in [9.17, 15) is 0 Å². The van der Waals surface area contributed by atoms with E-state index in [0.29, 0.717) is 0 Å². The molecule has 18 heavy (non-hydrogen) atoms. The molecule has 0 amide bonds. The molecule has 0 aliphatic carbocycles. The van der Waals surface area contributed by atoms with E-state index >= 15 is 0 Å². The molecule has 0 radical (unpaired) electrons. The van der Waals surface area contributed by atoms with Crippen LogP contribution in [0, 0.1) is 12.8 Å².